The molecule has 2 N–H and O–H groups in total. The molecular formula is C9H11Br2NO3S2. The number of hydrogen-bond acceptors (Lipinski definition) is 4. The van der Waals surface area contributed by atoms with Crippen molar-refractivity contribution in [3.63, 3.8) is 0 Å². The molecule has 0 bridgehead atoms. The highest BCUT2D eigenvalue weighted by atomic mass is 79.9. The first-order valence-corrected chi connectivity index (χ1v) is 8.89. The van der Waals surface area contributed by atoms with E-state index in [1.54, 1.807) is 6.07 Å². The van der Waals surface area contributed by atoms with E-state index >= 15 is 0 Å². The minimum atomic E-state index is -3.46. The van der Waals surface area contributed by atoms with Crippen LogP contribution in [0.15, 0.2) is 18.5 Å². The summed E-state index contributed by atoms with van der Waals surface area (Å²) in [5.41, 5.74) is 0. The molecule has 1 aromatic heterocycles. The molecule has 2 rings (SSSR count). The fourth-order valence-electron chi connectivity index (χ4n) is 1.68. The lowest BCUT2D eigenvalue weighted by Crippen LogP contribution is -2.38. The Morgan fingerprint density at radius 3 is 2.59 bits per heavy atom. The predicted molar refractivity (Wildman–Crippen MR) is 73.6 cm³/mol. The maximum atomic E-state index is 12.0. The summed E-state index contributed by atoms with van der Waals surface area (Å²) in [6, 6.07) is 1.58. The zero-order chi connectivity index (χ0) is 12.6. The topological polar surface area (TPSA) is 66.4 Å². The maximum absolute atomic E-state index is 12.0. The summed E-state index contributed by atoms with van der Waals surface area (Å²) in [4.78, 5) is 0.259. The summed E-state index contributed by atoms with van der Waals surface area (Å²) in [5, 5.41) is 9.12. The Kier molecular flexibility index (Phi) is 4.32. The van der Waals surface area contributed by atoms with Crippen molar-refractivity contribution >= 4 is 53.2 Å². The van der Waals surface area contributed by atoms with Gasteiger partial charge in [-0.15, -0.1) is 11.3 Å². The Morgan fingerprint density at radius 1 is 1.47 bits per heavy atom. The average molecular weight is 405 g/mol. The first-order valence-electron chi connectivity index (χ1n) is 5.01. The minimum absolute atomic E-state index is 0.251. The van der Waals surface area contributed by atoms with Gasteiger partial charge >= 0.3 is 0 Å². The van der Waals surface area contributed by atoms with Gasteiger partial charge in [0.05, 0.1) is 13.7 Å². The highest BCUT2D eigenvalue weighted by Gasteiger charge is 2.29. The normalized spacial score (nSPS) is 24.6. The van der Waals surface area contributed by atoms with E-state index in [0.717, 1.165) is 3.79 Å². The van der Waals surface area contributed by atoms with E-state index in [9.17, 15) is 8.42 Å². The number of sulfonamides is 1. The number of aliphatic hydroxyl groups is 1. The van der Waals surface area contributed by atoms with Gasteiger partial charge in [0, 0.05) is 6.54 Å². The lowest BCUT2D eigenvalue weighted by molar-refractivity contribution is 0.0453. The van der Waals surface area contributed by atoms with E-state index in [-0.39, 0.29) is 16.9 Å². The summed E-state index contributed by atoms with van der Waals surface area (Å²) in [7, 11) is -3.46. The molecule has 1 saturated carbocycles. The van der Waals surface area contributed by atoms with E-state index in [4.69, 9.17) is 5.11 Å². The molecule has 17 heavy (non-hydrogen) atoms. The molecule has 0 aliphatic heterocycles. The molecule has 0 aromatic carbocycles. The van der Waals surface area contributed by atoms with Crippen molar-refractivity contribution in [3.05, 3.63) is 13.6 Å². The van der Waals surface area contributed by atoms with Crippen LogP contribution in [0.2, 0.25) is 0 Å². The monoisotopic (exact) mass is 403 g/mol. The largest absolute Gasteiger partial charge is 0.393 e. The first-order chi connectivity index (χ1) is 7.88. The fraction of sp³-hybridized carbons (Fsp3) is 0.556. The Balaban J connectivity index is 2.01. The van der Waals surface area contributed by atoms with Gasteiger partial charge < -0.3 is 5.11 Å². The molecular weight excluding hydrogens is 394 g/mol. The number of rotatable bonds is 4. The second-order valence-corrected chi connectivity index (χ2v) is 9.52. The van der Waals surface area contributed by atoms with Gasteiger partial charge in [0.25, 0.3) is 0 Å². The van der Waals surface area contributed by atoms with Crippen molar-refractivity contribution in [1.82, 2.24) is 4.72 Å². The molecule has 0 unspecified atom stereocenters. The lowest BCUT2D eigenvalue weighted by Gasteiger charge is -2.31. The van der Waals surface area contributed by atoms with Crippen LogP contribution < -0.4 is 4.72 Å². The smallest absolute Gasteiger partial charge is 0.242 e. The molecule has 4 nitrogen and oxygen atoms in total. The lowest BCUT2D eigenvalue weighted by atomic mass is 9.83. The third-order valence-corrected chi connectivity index (χ3v) is 6.87. The molecule has 1 heterocycles. The van der Waals surface area contributed by atoms with Crippen LogP contribution in [0.5, 0.6) is 0 Å². The number of nitrogens with one attached hydrogen (secondary N) is 1. The molecule has 1 aromatic rings. The Bertz CT molecular complexity index is 508. The van der Waals surface area contributed by atoms with Crippen LogP contribution in [0.3, 0.4) is 0 Å². The first kappa shape index (κ1) is 14.0. The third kappa shape index (κ3) is 3.30. The van der Waals surface area contributed by atoms with Crippen LogP contribution in [0.25, 0.3) is 0 Å². The molecule has 0 atom stereocenters. The summed E-state index contributed by atoms with van der Waals surface area (Å²) < 4.78 is 27.9. The quantitative estimate of drug-likeness (QED) is 0.809. The van der Waals surface area contributed by atoms with Crippen molar-refractivity contribution in [1.29, 1.82) is 0 Å². The third-order valence-electron chi connectivity index (χ3n) is 2.69. The molecule has 8 heteroatoms. The van der Waals surface area contributed by atoms with E-state index in [1.165, 1.54) is 11.3 Å². The zero-order valence-corrected chi connectivity index (χ0v) is 13.5. The fourth-order valence-corrected chi connectivity index (χ4v) is 6.61. The van der Waals surface area contributed by atoms with Gasteiger partial charge in [0.2, 0.25) is 10.0 Å². The van der Waals surface area contributed by atoms with Gasteiger partial charge in [-0.25, -0.2) is 13.1 Å². The van der Waals surface area contributed by atoms with E-state index in [2.05, 4.69) is 36.6 Å². The Labute approximate surface area is 121 Å². The van der Waals surface area contributed by atoms with Gasteiger partial charge in [0.1, 0.15) is 4.90 Å². The summed E-state index contributed by atoms with van der Waals surface area (Å²) >= 11 is 7.81. The van der Waals surface area contributed by atoms with Crippen molar-refractivity contribution in [3.8, 4) is 0 Å². The summed E-state index contributed by atoms with van der Waals surface area (Å²) in [6.45, 7) is 0.388. The molecule has 0 amide bonds. The van der Waals surface area contributed by atoms with Gasteiger partial charge in [-0.3, -0.25) is 0 Å². The second kappa shape index (κ2) is 5.26. The number of aliphatic hydroxyl groups excluding tert-OH is 1. The molecule has 0 radical (unpaired) electrons. The standard InChI is InChI=1S/C9H11Br2NO3S2/c10-8-3-7(9(11)16-8)17(14,15)12-4-5-1-6(13)2-5/h3,5-6,12-13H,1-2,4H2. The van der Waals surface area contributed by atoms with Crippen molar-refractivity contribution in [2.75, 3.05) is 6.54 Å². The van der Waals surface area contributed by atoms with Gasteiger partial charge in [-0.05, 0) is 56.7 Å². The summed E-state index contributed by atoms with van der Waals surface area (Å²) in [6.07, 6.45) is 1.10. The minimum Gasteiger partial charge on any atom is -0.393 e. The predicted octanol–water partition coefficient (Wildman–Crippen LogP) is 2.32. The van der Waals surface area contributed by atoms with Crippen molar-refractivity contribution < 1.29 is 13.5 Å². The number of hydrogen-bond donors (Lipinski definition) is 2. The van der Waals surface area contributed by atoms with Gasteiger partial charge in [0.15, 0.2) is 0 Å². The SMILES string of the molecule is O=S(=O)(NCC1CC(O)C1)c1cc(Br)sc1Br. The molecule has 1 aliphatic carbocycles. The van der Waals surface area contributed by atoms with Gasteiger partial charge in [-0.1, -0.05) is 0 Å². The highest BCUT2D eigenvalue weighted by Crippen LogP contribution is 2.35. The Morgan fingerprint density at radius 2 is 2.12 bits per heavy atom. The maximum Gasteiger partial charge on any atom is 0.242 e. The zero-order valence-electron chi connectivity index (χ0n) is 8.69. The number of halogens is 2. The molecule has 0 spiro atoms. The van der Waals surface area contributed by atoms with Crippen LogP contribution in [-0.4, -0.2) is 26.2 Å². The van der Waals surface area contributed by atoms with Crippen LogP contribution in [-0.2, 0) is 10.0 Å². The van der Waals surface area contributed by atoms with Crippen LogP contribution in [0.1, 0.15) is 12.8 Å². The van der Waals surface area contributed by atoms with Crippen molar-refractivity contribution in [2.45, 2.75) is 23.8 Å². The van der Waals surface area contributed by atoms with Crippen LogP contribution >= 0.6 is 43.2 Å². The molecule has 1 fully saturated rings. The van der Waals surface area contributed by atoms with Crippen LogP contribution in [0.4, 0.5) is 0 Å². The molecule has 96 valence electrons. The average Bonchev–Trinajstić information content (AvgIpc) is 2.51. The Hall–Kier alpha value is 0.530. The van der Waals surface area contributed by atoms with E-state index in [0.29, 0.717) is 23.2 Å². The summed E-state index contributed by atoms with van der Waals surface area (Å²) in [5.74, 6) is 0.251. The second-order valence-electron chi connectivity index (χ2n) is 4.03. The van der Waals surface area contributed by atoms with E-state index < -0.39 is 10.0 Å². The molecule has 1 aliphatic rings. The highest BCUT2D eigenvalue weighted by molar-refractivity contribution is 9.12. The van der Waals surface area contributed by atoms with E-state index in [1.807, 2.05) is 0 Å². The number of thiophene rings is 1. The van der Waals surface area contributed by atoms with Gasteiger partial charge in [-0.2, -0.15) is 0 Å². The van der Waals surface area contributed by atoms with Crippen molar-refractivity contribution in [2.24, 2.45) is 5.92 Å². The van der Waals surface area contributed by atoms with Crippen LogP contribution in [0, 0.1) is 5.92 Å². The molecule has 0 saturated heterocycles.